The molecule has 1 fully saturated rings. The summed E-state index contributed by atoms with van der Waals surface area (Å²) in [5.74, 6) is 1.74. The Hall–Kier alpha value is -2.14. The molecule has 0 N–H and O–H groups in total. The minimum absolute atomic E-state index is 0.659. The molecule has 3 heterocycles. The van der Waals surface area contributed by atoms with Crippen LogP contribution < -0.4 is 4.90 Å². The Morgan fingerprint density at radius 2 is 1.86 bits per heavy atom. The van der Waals surface area contributed by atoms with E-state index in [0.29, 0.717) is 5.02 Å². The lowest BCUT2D eigenvalue weighted by atomic mass is 10.3. The molecule has 1 aliphatic heterocycles. The maximum atomic E-state index is 6.31. The highest BCUT2D eigenvalue weighted by Gasteiger charge is 2.20. The van der Waals surface area contributed by atoms with Gasteiger partial charge in [-0.15, -0.1) is 0 Å². The zero-order valence-corrected chi connectivity index (χ0v) is 13.1. The van der Waals surface area contributed by atoms with Crippen molar-refractivity contribution in [3.63, 3.8) is 0 Å². The number of fused-ring (bicyclic) bond motifs is 1. The van der Waals surface area contributed by atoms with E-state index >= 15 is 0 Å². The number of rotatable bonds is 2. The van der Waals surface area contributed by atoms with Crippen molar-refractivity contribution in [3.8, 4) is 5.69 Å². The van der Waals surface area contributed by atoms with Crippen molar-refractivity contribution in [2.24, 2.45) is 0 Å². The van der Waals surface area contributed by atoms with Crippen molar-refractivity contribution in [1.29, 1.82) is 0 Å². The highest BCUT2D eigenvalue weighted by Crippen LogP contribution is 2.29. The SMILES string of the molecule is Cc1nc(N2CCCC2)c2cnn(-c3ccccc3Cl)c2n1. The summed E-state index contributed by atoms with van der Waals surface area (Å²) in [6, 6.07) is 7.67. The monoisotopic (exact) mass is 313 g/mol. The average Bonchev–Trinajstić information content (AvgIpc) is 3.16. The lowest BCUT2D eigenvalue weighted by molar-refractivity contribution is 0.884. The normalized spacial score (nSPS) is 14.9. The van der Waals surface area contributed by atoms with Gasteiger partial charge in [0.1, 0.15) is 11.6 Å². The first kappa shape index (κ1) is 13.5. The van der Waals surface area contributed by atoms with Crippen LogP contribution in [0.15, 0.2) is 30.5 Å². The summed E-state index contributed by atoms with van der Waals surface area (Å²) in [6.45, 7) is 4.01. The highest BCUT2D eigenvalue weighted by molar-refractivity contribution is 6.32. The van der Waals surface area contributed by atoms with Gasteiger partial charge in [0, 0.05) is 13.1 Å². The number of nitrogens with zero attached hydrogens (tertiary/aromatic N) is 5. The topological polar surface area (TPSA) is 46.8 Å². The molecule has 1 aliphatic rings. The lowest BCUT2D eigenvalue weighted by Gasteiger charge is -2.17. The van der Waals surface area contributed by atoms with Gasteiger partial charge >= 0.3 is 0 Å². The zero-order valence-electron chi connectivity index (χ0n) is 12.3. The van der Waals surface area contributed by atoms with Crippen molar-refractivity contribution >= 4 is 28.5 Å². The Balaban J connectivity index is 1.94. The molecule has 0 unspecified atom stereocenters. The molecule has 5 nitrogen and oxygen atoms in total. The quantitative estimate of drug-likeness (QED) is 0.727. The van der Waals surface area contributed by atoms with Crippen molar-refractivity contribution < 1.29 is 0 Å². The third kappa shape index (κ3) is 2.13. The number of para-hydroxylation sites is 1. The molecule has 0 saturated carbocycles. The van der Waals surface area contributed by atoms with E-state index in [2.05, 4.69) is 20.0 Å². The molecule has 0 atom stereocenters. The predicted octanol–water partition coefficient (Wildman–Crippen LogP) is 3.38. The molecule has 0 bridgehead atoms. The van der Waals surface area contributed by atoms with E-state index in [-0.39, 0.29) is 0 Å². The third-order valence-corrected chi connectivity index (χ3v) is 4.33. The number of halogens is 1. The van der Waals surface area contributed by atoms with Gasteiger partial charge in [0.2, 0.25) is 0 Å². The molecule has 0 aliphatic carbocycles. The number of aromatic nitrogens is 4. The number of hydrogen-bond acceptors (Lipinski definition) is 4. The second-order valence-electron chi connectivity index (χ2n) is 5.53. The van der Waals surface area contributed by atoms with Gasteiger partial charge in [0.05, 0.1) is 22.3 Å². The van der Waals surface area contributed by atoms with Crippen LogP contribution >= 0.6 is 11.6 Å². The molecule has 4 rings (SSSR count). The fraction of sp³-hybridized carbons (Fsp3) is 0.312. The molecular weight excluding hydrogens is 298 g/mol. The van der Waals surface area contributed by atoms with E-state index in [0.717, 1.165) is 41.5 Å². The van der Waals surface area contributed by atoms with Crippen LogP contribution in [-0.2, 0) is 0 Å². The molecule has 2 aromatic heterocycles. The molecule has 0 spiro atoms. The number of anilines is 1. The maximum Gasteiger partial charge on any atom is 0.168 e. The van der Waals surface area contributed by atoms with Gasteiger partial charge in [-0.25, -0.2) is 14.6 Å². The summed E-state index contributed by atoms with van der Waals surface area (Å²) >= 11 is 6.31. The Bertz CT molecular complexity index is 836. The van der Waals surface area contributed by atoms with E-state index in [4.69, 9.17) is 11.6 Å². The minimum atomic E-state index is 0.659. The summed E-state index contributed by atoms with van der Waals surface area (Å²) < 4.78 is 1.80. The minimum Gasteiger partial charge on any atom is -0.356 e. The third-order valence-electron chi connectivity index (χ3n) is 4.01. The summed E-state index contributed by atoms with van der Waals surface area (Å²) in [7, 11) is 0. The number of hydrogen-bond donors (Lipinski definition) is 0. The van der Waals surface area contributed by atoms with Crippen molar-refractivity contribution in [3.05, 3.63) is 41.3 Å². The van der Waals surface area contributed by atoms with Gasteiger partial charge in [-0.05, 0) is 31.9 Å². The van der Waals surface area contributed by atoms with Crippen LogP contribution in [0.2, 0.25) is 5.02 Å². The maximum absolute atomic E-state index is 6.31. The molecular formula is C16H16ClN5. The van der Waals surface area contributed by atoms with Gasteiger partial charge in [0.25, 0.3) is 0 Å². The number of benzene rings is 1. The first-order valence-corrected chi connectivity index (χ1v) is 7.84. The van der Waals surface area contributed by atoms with E-state index in [1.54, 1.807) is 4.68 Å². The highest BCUT2D eigenvalue weighted by atomic mass is 35.5. The van der Waals surface area contributed by atoms with Crippen LogP contribution in [0.1, 0.15) is 18.7 Å². The largest absolute Gasteiger partial charge is 0.356 e. The predicted molar refractivity (Wildman–Crippen MR) is 87.9 cm³/mol. The fourth-order valence-corrected chi connectivity index (χ4v) is 3.18. The second-order valence-corrected chi connectivity index (χ2v) is 5.94. The molecule has 0 amide bonds. The molecule has 1 saturated heterocycles. The molecule has 3 aromatic rings. The van der Waals surface area contributed by atoms with E-state index < -0.39 is 0 Å². The van der Waals surface area contributed by atoms with Gasteiger partial charge in [-0.2, -0.15) is 5.10 Å². The van der Waals surface area contributed by atoms with Crippen molar-refractivity contribution in [1.82, 2.24) is 19.7 Å². The Labute approximate surface area is 133 Å². The lowest BCUT2D eigenvalue weighted by Crippen LogP contribution is -2.20. The van der Waals surface area contributed by atoms with E-state index in [9.17, 15) is 0 Å². The molecule has 6 heteroatoms. The average molecular weight is 314 g/mol. The first-order valence-electron chi connectivity index (χ1n) is 7.46. The van der Waals surface area contributed by atoms with Gasteiger partial charge in [-0.1, -0.05) is 23.7 Å². The van der Waals surface area contributed by atoms with Crippen LogP contribution in [-0.4, -0.2) is 32.8 Å². The Kier molecular flexibility index (Phi) is 3.22. The second kappa shape index (κ2) is 5.25. The van der Waals surface area contributed by atoms with Crippen LogP contribution in [0.3, 0.4) is 0 Å². The molecule has 0 radical (unpaired) electrons. The molecule has 22 heavy (non-hydrogen) atoms. The van der Waals surface area contributed by atoms with Crippen molar-refractivity contribution in [2.45, 2.75) is 19.8 Å². The fourth-order valence-electron chi connectivity index (χ4n) is 2.97. The van der Waals surface area contributed by atoms with E-state index in [1.807, 2.05) is 37.4 Å². The summed E-state index contributed by atoms with van der Waals surface area (Å²) in [4.78, 5) is 11.5. The summed E-state index contributed by atoms with van der Waals surface area (Å²) in [6.07, 6.45) is 4.26. The van der Waals surface area contributed by atoms with Gasteiger partial charge in [-0.3, -0.25) is 0 Å². The summed E-state index contributed by atoms with van der Waals surface area (Å²) in [5, 5.41) is 6.14. The molecule has 1 aromatic carbocycles. The standard InChI is InChI=1S/C16H16ClN5/c1-11-19-15(21-8-4-5-9-21)12-10-18-22(16(12)20-11)14-7-3-2-6-13(14)17/h2-3,6-7,10H,4-5,8-9H2,1H3. The van der Waals surface area contributed by atoms with Crippen LogP contribution in [0.5, 0.6) is 0 Å². The Morgan fingerprint density at radius 3 is 2.64 bits per heavy atom. The number of aryl methyl sites for hydroxylation is 1. The van der Waals surface area contributed by atoms with Gasteiger partial charge in [0.15, 0.2) is 5.65 Å². The van der Waals surface area contributed by atoms with Crippen LogP contribution in [0, 0.1) is 6.92 Å². The summed E-state index contributed by atoms with van der Waals surface area (Å²) in [5.41, 5.74) is 1.65. The van der Waals surface area contributed by atoms with Crippen LogP contribution in [0.25, 0.3) is 16.7 Å². The smallest absolute Gasteiger partial charge is 0.168 e. The zero-order chi connectivity index (χ0) is 15.1. The van der Waals surface area contributed by atoms with Crippen LogP contribution in [0.4, 0.5) is 5.82 Å². The molecule has 112 valence electrons. The van der Waals surface area contributed by atoms with Crippen molar-refractivity contribution in [2.75, 3.05) is 18.0 Å². The Morgan fingerprint density at radius 1 is 1.09 bits per heavy atom. The van der Waals surface area contributed by atoms with E-state index in [1.165, 1.54) is 12.8 Å². The van der Waals surface area contributed by atoms with Gasteiger partial charge < -0.3 is 4.90 Å². The first-order chi connectivity index (χ1) is 10.7.